The molecular formula is C19H31N3O4. The molecule has 1 saturated carbocycles. The van der Waals surface area contributed by atoms with E-state index in [1.54, 1.807) is 0 Å². The molecule has 0 spiro atoms. The summed E-state index contributed by atoms with van der Waals surface area (Å²) in [5, 5.41) is 3.12. The lowest BCUT2D eigenvalue weighted by atomic mass is 9.89. The Balaban J connectivity index is 1.28. The van der Waals surface area contributed by atoms with Crippen molar-refractivity contribution in [3.05, 3.63) is 0 Å². The van der Waals surface area contributed by atoms with Crippen molar-refractivity contribution in [3.63, 3.8) is 0 Å². The summed E-state index contributed by atoms with van der Waals surface area (Å²) in [6.07, 6.45) is 6.91. The fourth-order valence-electron chi connectivity index (χ4n) is 4.84. The number of carbonyl (C=O) groups is 2. The van der Waals surface area contributed by atoms with E-state index >= 15 is 0 Å². The zero-order valence-corrected chi connectivity index (χ0v) is 15.5. The highest BCUT2D eigenvalue weighted by atomic mass is 16.5. The molecule has 4 rings (SSSR count). The molecule has 1 aliphatic carbocycles. The summed E-state index contributed by atoms with van der Waals surface area (Å²) < 4.78 is 11.3. The molecule has 1 N–H and O–H groups in total. The van der Waals surface area contributed by atoms with Crippen molar-refractivity contribution >= 4 is 11.9 Å². The van der Waals surface area contributed by atoms with E-state index in [0.717, 1.165) is 13.0 Å². The maximum absolute atomic E-state index is 12.8. The highest BCUT2D eigenvalue weighted by Gasteiger charge is 2.47. The topological polar surface area (TPSA) is 71.1 Å². The van der Waals surface area contributed by atoms with Gasteiger partial charge in [-0.1, -0.05) is 19.3 Å². The van der Waals surface area contributed by atoms with Gasteiger partial charge in [0.1, 0.15) is 0 Å². The van der Waals surface area contributed by atoms with Crippen LogP contribution in [0.1, 0.15) is 38.5 Å². The number of ether oxygens (including phenoxy) is 2. The third kappa shape index (κ3) is 3.98. The molecule has 0 radical (unpaired) electrons. The summed E-state index contributed by atoms with van der Waals surface area (Å²) in [6.45, 7) is 4.46. The van der Waals surface area contributed by atoms with Crippen LogP contribution in [-0.2, 0) is 14.3 Å². The molecule has 4 aliphatic rings. The molecule has 3 heterocycles. The van der Waals surface area contributed by atoms with E-state index in [1.807, 2.05) is 9.80 Å². The van der Waals surface area contributed by atoms with Crippen LogP contribution in [0.15, 0.2) is 0 Å². The van der Waals surface area contributed by atoms with E-state index in [9.17, 15) is 9.59 Å². The van der Waals surface area contributed by atoms with Crippen molar-refractivity contribution in [1.82, 2.24) is 15.1 Å². The highest BCUT2D eigenvalue weighted by Crippen LogP contribution is 2.33. The minimum absolute atomic E-state index is 0.00773. The fraction of sp³-hybridized carbons (Fsp3) is 0.895. The van der Waals surface area contributed by atoms with Gasteiger partial charge >= 0.3 is 6.03 Å². The first-order valence-corrected chi connectivity index (χ1v) is 10.3. The van der Waals surface area contributed by atoms with E-state index in [1.165, 1.54) is 32.1 Å². The lowest BCUT2D eigenvalue weighted by Gasteiger charge is -2.34. The number of fused-ring (bicyclic) bond motifs is 2. The van der Waals surface area contributed by atoms with Crippen LogP contribution in [0.3, 0.4) is 0 Å². The zero-order chi connectivity index (χ0) is 17.9. The summed E-state index contributed by atoms with van der Waals surface area (Å²) in [6, 6.07) is 0.00773. The first-order chi connectivity index (χ1) is 12.7. The molecule has 3 saturated heterocycles. The number of nitrogens with one attached hydrogen (secondary N) is 1. The van der Waals surface area contributed by atoms with E-state index in [4.69, 9.17) is 9.47 Å². The normalized spacial score (nSPS) is 32.5. The Hall–Kier alpha value is -1.34. The lowest BCUT2D eigenvalue weighted by molar-refractivity contribution is -0.142. The van der Waals surface area contributed by atoms with Gasteiger partial charge in [-0.2, -0.15) is 0 Å². The van der Waals surface area contributed by atoms with Gasteiger partial charge in [0.15, 0.2) is 0 Å². The maximum atomic E-state index is 12.8. The van der Waals surface area contributed by atoms with Crippen LogP contribution < -0.4 is 5.32 Å². The van der Waals surface area contributed by atoms with E-state index < -0.39 is 0 Å². The van der Waals surface area contributed by atoms with Crippen LogP contribution in [0.25, 0.3) is 0 Å². The van der Waals surface area contributed by atoms with Gasteiger partial charge < -0.3 is 24.6 Å². The van der Waals surface area contributed by atoms with Gasteiger partial charge in [0.05, 0.1) is 31.3 Å². The Morgan fingerprint density at radius 3 is 2.54 bits per heavy atom. The minimum Gasteiger partial charge on any atom is -0.378 e. The molecule has 2 bridgehead atoms. The molecule has 0 aromatic carbocycles. The third-order valence-electron chi connectivity index (χ3n) is 6.35. The Morgan fingerprint density at radius 2 is 1.77 bits per heavy atom. The first-order valence-electron chi connectivity index (χ1n) is 10.3. The number of nitrogens with zero attached hydrogens (tertiary/aromatic N) is 2. The number of urea groups is 1. The Bertz CT molecular complexity index is 517. The standard InChI is InChI=1S/C19H31N3O4/c23-18(21-6-8-25-9-7-21)16-10-15-12-22(13-17(16)26-15)19(24)20-11-14-4-2-1-3-5-14/h14-17H,1-13H2,(H,20,24)/t15-,16-,17-/m0/s1. The maximum Gasteiger partial charge on any atom is 0.317 e. The number of hydrogen-bond donors (Lipinski definition) is 1. The van der Waals surface area contributed by atoms with E-state index in [0.29, 0.717) is 45.3 Å². The van der Waals surface area contributed by atoms with Gasteiger partial charge in [0, 0.05) is 32.7 Å². The molecule has 0 unspecified atom stereocenters. The summed E-state index contributed by atoms with van der Waals surface area (Å²) in [7, 11) is 0. The molecular weight excluding hydrogens is 334 g/mol. The Morgan fingerprint density at radius 1 is 1.00 bits per heavy atom. The Labute approximate surface area is 155 Å². The van der Waals surface area contributed by atoms with E-state index in [2.05, 4.69) is 5.32 Å². The average molecular weight is 365 g/mol. The van der Waals surface area contributed by atoms with Crippen LogP contribution in [0.2, 0.25) is 0 Å². The fourth-order valence-corrected chi connectivity index (χ4v) is 4.84. The van der Waals surface area contributed by atoms with Crippen molar-refractivity contribution in [2.75, 3.05) is 45.9 Å². The van der Waals surface area contributed by atoms with Crippen LogP contribution in [-0.4, -0.2) is 79.9 Å². The highest BCUT2D eigenvalue weighted by molar-refractivity contribution is 5.80. The van der Waals surface area contributed by atoms with Crippen LogP contribution in [0, 0.1) is 11.8 Å². The number of morpholine rings is 2. The van der Waals surface area contributed by atoms with Gasteiger partial charge in [-0.3, -0.25) is 4.79 Å². The minimum atomic E-state index is -0.162. The molecule has 3 amide bonds. The number of hydrogen-bond acceptors (Lipinski definition) is 4. The molecule has 3 atom stereocenters. The van der Waals surface area contributed by atoms with Crippen LogP contribution >= 0.6 is 0 Å². The number of rotatable bonds is 3. The second-order valence-corrected chi connectivity index (χ2v) is 8.17. The van der Waals surface area contributed by atoms with Crippen LogP contribution in [0.4, 0.5) is 4.79 Å². The monoisotopic (exact) mass is 365 g/mol. The molecule has 0 aromatic heterocycles. The number of amides is 3. The molecule has 7 heteroatoms. The molecule has 26 heavy (non-hydrogen) atoms. The molecule has 146 valence electrons. The SMILES string of the molecule is O=C(NCC1CCCCC1)N1C[C@@H]2C[C@H](C(=O)N3CCOCC3)[C@H](C1)O2. The van der Waals surface area contributed by atoms with Gasteiger partial charge in [-0.25, -0.2) is 4.79 Å². The lowest BCUT2D eigenvalue weighted by Crippen LogP contribution is -2.52. The second kappa shape index (κ2) is 8.13. The molecule has 7 nitrogen and oxygen atoms in total. The predicted octanol–water partition coefficient (Wildman–Crippen LogP) is 1.22. The largest absolute Gasteiger partial charge is 0.378 e. The molecule has 3 aliphatic heterocycles. The van der Waals surface area contributed by atoms with Crippen molar-refractivity contribution < 1.29 is 19.1 Å². The van der Waals surface area contributed by atoms with Gasteiger partial charge in [-0.15, -0.1) is 0 Å². The summed E-state index contributed by atoms with van der Waals surface area (Å²) in [4.78, 5) is 29.2. The van der Waals surface area contributed by atoms with Crippen molar-refractivity contribution in [2.45, 2.75) is 50.7 Å². The second-order valence-electron chi connectivity index (χ2n) is 8.17. The number of carbonyl (C=O) groups excluding carboxylic acids is 2. The van der Waals surface area contributed by atoms with Gasteiger partial charge in [0.25, 0.3) is 0 Å². The van der Waals surface area contributed by atoms with E-state index in [-0.39, 0.29) is 30.1 Å². The first kappa shape index (κ1) is 18.0. The average Bonchev–Trinajstić information content (AvgIpc) is 3.00. The third-order valence-corrected chi connectivity index (χ3v) is 6.35. The van der Waals surface area contributed by atoms with Crippen molar-refractivity contribution in [1.29, 1.82) is 0 Å². The van der Waals surface area contributed by atoms with Crippen LogP contribution in [0.5, 0.6) is 0 Å². The summed E-state index contributed by atoms with van der Waals surface area (Å²) in [5.74, 6) is 0.681. The summed E-state index contributed by atoms with van der Waals surface area (Å²) >= 11 is 0. The summed E-state index contributed by atoms with van der Waals surface area (Å²) in [5.41, 5.74) is 0. The molecule has 0 aromatic rings. The predicted molar refractivity (Wildman–Crippen MR) is 95.7 cm³/mol. The molecule has 4 fully saturated rings. The van der Waals surface area contributed by atoms with Gasteiger partial charge in [0.2, 0.25) is 5.91 Å². The van der Waals surface area contributed by atoms with Gasteiger partial charge in [-0.05, 0) is 25.2 Å². The number of likely N-dealkylation sites (tertiary alicyclic amines) is 1. The van der Waals surface area contributed by atoms with Crippen molar-refractivity contribution in [3.8, 4) is 0 Å². The quantitative estimate of drug-likeness (QED) is 0.816. The zero-order valence-electron chi connectivity index (χ0n) is 15.5. The van der Waals surface area contributed by atoms with Crippen molar-refractivity contribution in [2.24, 2.45) is 11.8 Å². The Kier molecular flexibility index (Phi) is 5.64. The smallest absolute Gasteiger partial charge is 0.317 e.